The van der Waals surface area contributed by atoms with Crippen molar-refractivity contribution < 1.29 is 4.79 Å². The number of carbonyl (C=O) groups excluding carboxylic acids is 1. The lowest BCUT2D eigenvalue weighted by Crippen LogP contribution is -2.51. The van der Waals surface area contributed by atoms with E-state index in [4.69, 9.17) is 11.6 Å². The lowest BCUT2D eigenvalue weighted by molar-refractivity contribution is -0.122. The molecule has 0 unspecified atom stereocenters. The summed E-state index contributed by atoms with van der Waals surface area (Å²) in [5.74, 6) is 2.50. The molecule has 156 valence electrons. The highest BCUT2D eigenvalue weighted by molar-refractivity contribution is 7.80. The van der Waals surface area contributed by atoms with Crippen LogP contribution in [0.3, 0.4) is 0 Å². The summed E-state index contributed by atoms with van der Waals surface area (Å²) < 4.78 is 0. The van der Waals surface area contributed by atoms with Crippen molar-refractivity contribution >= 4 is 42.8 Å². The number of benzene rings is 1. The Morgan fingerprint density at radius 1 is 1.25 bits per heavy atom. The van der Waals surface area contributed by atoms with Gasteiger partial charge in [-0.05, 0) is 55.8 Å². The summed E-state index contributed by atoms with van der Waals surface area (Å²) in [6, 6.07) is 9.62. The van der Waals surface area contributed by atoms with Crippen molar-refractivity contribution in [3.8, 4) is 0 Å². The van der Waals surface area contributed by atoms with Gasteiger partial charge in [0.1, 0.15) is 0 Å². The van der Waals surface area contributed by atoms with Crippen LogP contribution in [0.1, 0.15) is 30.7 Å². The SMILES string of the molecule is CN1[C@H]2CC[C@@H]1[C@@H](CN(CCS)CC(=O)NCCS)[C@@H](c1ccc(Cl)cc1)C2. The van der Waals surface area contributed by atoms with E-state index in [0.29, 0.717) is 42.8 Å². The Kier molecular flexibility index (Phi) is 8.42. The quantitative estimate of drug-likeness (QED) is 0.515. The lowest BCUT2D eigenvalue weighted by atomic mass is 9.76. The van der Waals surface area contributed by atoms with Gasteiger partial charge in [0, 0.05) is 48.2 Å². The molecule has 7 heteroatoms. The van der Waals surface area contributed by atoms with Crippen molar-refractivity contribution in [1.29, 1.82) is 0 Å². The fourth-order valence-electron chi connectivity index (χ4n) is 5.05. The molecule has 2 aliphatic heterocycles. The number of carbonyl (C=O) groups is 1. The number of hydrogen-bond acceptors (Lipinski definition) is 5. The van der Waals surface area contributed by atoms with E-state index in [1.807, 2.05) is 12.1 Å². The van der Waals surface area contributed by atoms with Gasteiger partial charge >= 0.3 is 0 Å². The van der Waals surface area contributed by atoms with Crippen LogP contribution in [-0.2, 0) is 4.79 Å². The summed E-state index contributed by atoms with van der Waals surface area (Å²) in [5, 5.41) is 3.73. The number of thiol groups is 2. The van der Waals surface area contributed by atoms with Gasteiger partial charge in [-0.2, -0.15) is 25.3 Å². The molecule has 1 aromatic carbocycles. The van der Waals surface area contributed by atoms with Gasteiger partial charge in [-0.3, -0.25) is 9.69 Å². The van der Waals surface area contributed by atoms with Crippen molar-refractivity contribution in [2.45, 2.75) is 37.3 Å². The number of halogens is 1. The zero-order chi connectivity index (χ0) is 20.1. The second kappa shape index (κ2) is 10.6. The molecule has 0 aliphatic carbocycles. The minimum Gasteiger partial charge on any atom is -0.354 e. The molecule has 28 heavy (non-hydrogen) atoms. The minimum absolute atomic E-state index is 0.0762. The first kappa shape index (κ1) is 22.3. The number of rotatable bonds is 9. The standard InChI is InChI=1S/C21H32ClN3OS2/c1-24-17-6-7-20(24)19(18(12-17)15-2-4-16(22)5-3-15)13-25(9-11-28)14-21(26)23-8-10-27/h2-5,17-20,27-28H,6-14H2,1H3,(H,23,26)/t17-,18+,19-,20+/m0/s1. The molecule has 2 aliphatic rings. The topological polar surface area (TPSA) is 35.6 Å². The van der Waals surface area contributed by atoms with Crippen LogP contribution < -0.4 is 5.32 Å². The molecule has 0 radical (unpaired) electrons. The number of fused-ring (bicyclic) bond motifs is 2. The van der Waals surface area contributed by atoms with Crippen LogP contribution >= 0.6 is 36.9 Å². The van der Waals surface area contributed by atoms with Crippen LogP contribution in [-0.4, -0.2) is 72.5 Å². The Bertz CT molecular complexity index is 645. The van der Waals surface area contributed by atoms with Gasteiger partial charge in [0.05, 0.1) is 6.54 Å². The molecule has 1 N–H and O–H groups in total. The van der Waals surface area contributed by atoms with E-state index in [0.717, 1.165) is 23.9 Å². The van der Waals surface area contributed by atoms with Crippen molar-refractivity contribution in [3.05, 3.63) is 34.9 Å². The molecular weight excluding hydrogens is 410 g/mol. The third-order valence-electron chi connectivity index (χ3n) is 6.42. The number of hydrogen-bond donors (Lipinski definition) is 3. The van der Waals surface area contributed by atoms with Crippen LogP contribution in [0.5, 0.6) is 0 Å². The molecule has 0 spiro atoms. The average Bonchev–Trinajstić information content (AvgIpc) is 2.92. The number of nitrogens with one attached hydrogen (secondary N) is 1. The molecule has 2 heterocycles. The Hall–Kier alpha value is -0.400. The third-order valence-corrected chi connectivity index (χ3v) is 7.09. The monoisotopic (exact) mass is 441 g/mol. The highest BCUT2D eigenvalue weighted by Crippen LogP contribution is 2.46. The summed E-state index contributed by atoms with van der Waals surface area (Å²) in [6.07, 6.45) is 3.70. The molecule has 1 amide bonds. The summed E-state index contributed by atoms with van der Waals surface area (Å²) >= 11 is 14.7. The van der Waals surface area contributed by atoms with E-state index < -0.39 is 0 Å². The summed E-state index contributed by atoms with van der Waals surface area (Å²) in [5.41, 5.74) is 1.38. The second-order valence-corrected chi connectivity index (χ2v) is 9.38. The van der Waals surface area contributed by atoms with Gasteiger partial charge in [-0.1, -0.05) is 23.7 Å². The average molecular weight is 442 g/mol. The summed E-state index contributed by atoms with van der Waals surface area (Å²) in [7, 11) is 2.27. The Labute approximate surface area is 185 Å². The van der Waals surface area contributed by atoms with E-state index in [1.54, 1.807) is 0 Å². The Morgan fingerprint density at radius 2 is 2.00 bits per heavy atom. The highest BCUT2D eigenvalue weighted by atomic mass is 35.5. The first-order valence-electron chi connectivity index (χ1n) is 10.2. The van der Waals surface area contributed by atoms with Gasteiger partial charge in [-0.15, -0.1) is 0 Å². The van der Waals surface area contributed by atoms with Crippen LogP contribution in [0.15, 0.2) is 24.3 Å². The number of nitrogens with zero attached hydrogens (tertiary/aromatic N) is 2. The van der Waals surface area contributed by atoms with E-state index >= 15 is 0 Å². The highest BCUT2D eigenvalue weighted by Gasteiger charge is 2.46. The molecule has 3 rings (SSSR count). The molecular formula is C21H32ClN3OS2. The maximum atomic E-state index is 12.3. The first-order chi connectivity index (χ1) is 13.5. The fourth-order valence-corrected chi connectivity index (χ4v) is 5.57. The first-order valence-corrected chi connectivity index (χ1v) is 11.9. The molecule has 1 aromatic rings. The maximum absolute atomic E-state index is 12.3. The molecule has 2 saturated heterocycles. The van der Waals surface area contributed by atoms with Crippen molar-refractivity contribution in [2.75, 3.05) is 44.7 Å². The van der Waals surface area contributed by atoms with Crippen LogP contribution in [0.25, 0.3) is 0 Å². The molecule has 2 bridgehead atoms. The van der Waals surface area contributed by atoms with Crippen LogP contribution in [0, 0.1) is 5.92 Å². The Balaban J connectivity index is 1.77. The van der Waals surface area contributed by atoms with Crippen molar-refractivity contribution in [1.82, 2.24) is 15.1 Å². The fraction of sp³-hybridized carbons (Fsp3) is 0.667. The van der Waals surface area contributed by atoms with Crippen molar-refractivity contribution in [3.63, 3.8) is 0 Å². The molecule has 0 aromatic heterocycles. The van der Waals surface area contributed by atoms with Gasteiger partial charge in [0.25, 0.3) is 0 Å². The van der Waals surface area contributed by atoms with Gasteiger partial charge in [0.15, 0.2) is 0 Å². The zero-order valence-electron chi connectivity index (χ0n) is 16.6. The van der Waals surface area contributed by atoms with E-state index in [9.17, 15) is 4.79 Å². The second-order valence-electron chi connectivity index (χ2n) is 8.05. The van der Waals surface area contributed by atoms with E-state index in [-0.39, 0.29) is 5.91 Å². The minimum atomic E-state index is 0.0762. The van der Waals surface area contributed by atoms with Gasteiger partial charge < -0.3 is 10.2 Å². The van der Waals surface area contributed by atoms with E-state index in [2.05, 4.69) is 59.6 Å². The normalized spacial score (nSPS) is 27.3. The number of amides is 1. The predicted molar refractivity (Wildman–Crippen MR) is 124 cm³/mol. The van der Waals surface area contributed by atoms with E-state index in [1.165, 1.54) is 24.8 Å². The molecule has 0 saturated carbocycles. The summed E-state index contributed by atoms with van der Waals surface area (Å²) in [4.78, 5) is 17.2. The lowest BCUT2D eigenvalue weighted by Gasteiger charge is -2.45. The summed E-state index contributed by atoms with van der Waals surface area (Å²) in [6.45, 7) is 2.78. The smallest absolute Gasteiger partial charge is 0.234 e. The third kappa shape index (κ3) is 5.39. The molecule has 4 atom stereocenters. The van der Waals surface area contributed by atoms with Crippen LogP contribution in [0.4, 0.5) is 0 Å². The maximum Gasteiger partial charge on any atom is 0.234 e. The predicted octanol–water partition coefficient (Wildman–Crippen LogP) is 3.18. The molecule has 4 nitrogen and oxygen atoms in total. The van der Waals surface area contributed by atoms with Gasteiger partial charge in [0.2, 0.25) is 5.91 Å². The van der Waals surface area contributed by atoms with Gasteiger partial charge in [-0.25, -0.2) is 0 Å². The van der Waals surface area contributed by atoms with Crippen molar-refractivity contribution in [2.24, 2.45) is 5.92 Å². The number of piperidine rings is 1. The largest absolute Gasteiger partial charge is 0.354 e. The zero-order valence-corrected chi connectivity index (χ0v) is 19.1. The van der Waals surface area contributed by atoms with Crippen LogP contribution in [0.2, 0.25) is 5.02 Å². The Morgan fingerprint density at radius 3 is 2.68 bits per heavy atom. The molecule has 2 fully saturated rings.